The van der Waals surface area contributed by atoms with E-state index in [0.29, 0.717) is 18.3 Å². The van der Waals surface area contributed by atoms with Crippen LogP contribution < -0.4 is 10.6 Å². The molecular formula is C13H17FN2O. The number of hydrogen-bond acceptors (Lipinski definition) is 2. The van der Waals surface area contributed by atoms with E-state index in [1.165, 1.54) is 12.1 Å². The van der Waals surface area contributed by atoms with Crippen molar-refractivity contribution in [3.8, 4) is 0 Å². The number of amides is 1. The van der Waals surface area contributed by atoms with Gasteiger partial charge in [-0.2, -0.15) is 0 Å². The lowest BCUT2D eigenvalue weighted by Crippen LogP contribution is -2.41. The Kier molecular flexibility index (Phi) is 3.74. The molecule has 0 bridgehead atoms. The molecule has 17 heavy (non-hydrogen) atoms. The van der Waals surface area contributed by atoms with Crippen LogP contribution in [-0.4, -0.2) is 18.5 Å². The third-order valence-corrected chi connectivity index (χ3v) is 3.12. The van der Waals surface area contributed by atoms with Gasteiger partial charge in [-0.25, -0.2) is 4.39 Å². The predicted molar refractivity (Wildman–Crippen MR) is 65.2 cm³/mol. The number of carbonyl (C=O) groups is 1. The van der Waals surface area contributed by atoms with E-state index in [-0.39, 0.29) is 17.6 Å². The normalized spacial score (nSPS) is 24.4. The van der Waals surface area contributed by atoms with Crippen molar-refractivity contribution in [1.29, 1.82) is 0 Å². The number of hydrogen-bond donors (Lipinski definition) is 2. The number of rotatable bonds is 2. The van der Waals surface area contributed by atoms with Crippen LogP contribution in [0.3, 0.4) is 0 Å². The van der Waals surface area contributed by atoms with Crippen molar-refractivity contribution in [2.24, 2.45) is 5.92 Å². The van der Waals surface area contributed by atoms with E-state index < -0.39 is 0 Å². The van der Waals surface area contributed by atoms with Gasteiger partial charge in [0.25, 0.3) is 0 Å². The Morgan fingerprint density at radius 2 is 2.29 bits per heavy atom. The zero-order valence-electron chi connectivity index (χ0n) is 9.87. The Morgan fingerprint density at radius 3 is 2.94 bits per heavy atom. The fourth-order valence-corrected chi connectivity index (χ4v) is 2.03. The zero-order valence-corrected chi connectivity index (χ0v) is 9.87. The Labute approximate surface area is 100 Å². The number of halogens is 1. The predicted octanol–water partition coefficient (Wildman–Crippen LogP) is 2.15. The molecule has 1 aliphatic heterocycles. The van der Waals surface area contributed by atoms with Crippen molar-refractivity contribution >= 4 is 11.6 Å². The fraction of sp³-hybridized carbons (Fsp3) is 0.462. The first-order valence-electron chi connectivity index (χ1n) is 5.95. The molecule has 4 heteroatoms. The lowest BCUT2D eigenvalue weighted by molar-refractivity contribution is -0.120. The average molecular weight is 236 g/mol. The minimum absolute atomic E-state index is 0.0190. The van der Waals surface area contributed by atoms with E-state index in [0.717, 1.165) is 12.8 Å². The third kappa shape index (κ3) is 3.27. The molecule has 1 aromatic rings. The van der Waals surface area contributed by atoms with E-state index in [2.05, 4.69) is 17.6 Å². The van der Waals surface area contributed by atoms with Gasteiger partial charge in [0, 0.05) is 18.3 Å². The van der Waals surface area contributed by atoms with Crippen molar-refractivity contribution in [1.82, 2.24) is 5.32 Å². The van der Waals surface area contributed by atoms with Gasteiger partial charge < -0.3 is 10.6 Å². The summed E-state index contributed by atoms with van der Waals surface area (Å²) in [6, 6.07) is 6.45. The van der Waals surface area contributed by atoms with Crippen LogP contribution >= 0.6 is 0 Å². The quantitative estimate of drug-likeness (QED) is 0.826. The van der Waals surface area contributed by atoms with Gasteiger partial charge in [0.2, 0.25) is 5.91 Å². The molecule has 2 N–H and O–H groups in total. The van der Waals surface area contributed by atoms with E-state index in [1.54, 1.807) is 12.1 Å². The molecule has 0 aromatic heterocycles. The molecule has 2 atom stereocenters. The summed E-state index contributed by atoms with van der Waals surface area (Å²) in [6.45, 7) is 2.81. The van der Waals surface area contributed by atoms with Crippen molar-refractivity contribution in [3.05, 3.63) is 30.1 Å². The maximum atomic E-state index is 12.9. The summed E-state index contributed by atoms with van der Waals surface area (Å²) in [5, 5.41) is 6.02. The van der Waals surface area contributed by atoms with Crippen molar-refractivity contribution in [2.45, 2.75) is 25.8 Å². The van der Waals surface area contributed by atoms with E-state index in [9.17, 15) is 9.18 Å². The summed E-state index contributed by atoms with van der Waals surface area (Å²) in [7, 11) is 0. The molecule has 2 rings (SSSR count). The number of carbonyl (C=O) groups excluding carboxylic acids is 1. The minimum atomic E-state index is -0.335. The van der Waals surface area contributed by atoms with Gasteiger partial charge in [-0.3, -0.25) is 4.79 Å². The standard InChI is InChI=1S/C13H17FN2O/c1-9-5-6-10(8-15-9)13(17)16-12-4-2-3-11(14)7-12/h2-4,7,9-10,15H,5-6,8H2,1H3,(H,16,17). The highest BCUT2D eigenvalue weighted by atomic mass is 19.1. The van der Waals surface area contributed by atoms with E-state index in [4.69, 9.17) is 0 Å². The van der Waals surface area contributed by atoms with Gasteiger partial charge in [-0.05, 0) is 38.0 Å². The highest BCUT2D eigenvalue weighted by Crippen LogP contribution is 2.17. The molecule has 1 heterocycles. The Bertz CT molecular complexity index is 400. The first-order chi connectivity index (χ1) is 8.15. The van der Waals surface area contributed by atoms with Gasteiger partial charge in [0.05, 0.1) is 5.92 Å². The van der Waals surface area contributed by atoms with Crippen LogP contribution in [0.15, 0.2) is 24.3 Å². The molecule has 1 saturated heterocycles. The van der Waals surface area contributed by atoms with Crippen LogP contribution in [0.4, 0.5) is 10.1 Å². The molecule has 1 aromatic carbocycles. The molecule has 92 valence electrons. The number of benzene rings is 1. The molecule has 3 nitrogen and oxygen atoms in total. The highest BCUT2D eigenvalue weighted by molar-refractivity contribution is 5.92. The molecule has 0 aliphatic carbocycles. The van der Waals surface area contributed by atoms with Crippen LogP contribution in [-0.2, 0) is 4.79 Å². The van der Waals surface area contributed by atoms with Crippen LogP contribution in [0.25, 0.3) is 0 Å². The SMILES string of the molecule is CC1CCC(C(=O)Nc2cccc(F)c2)CN1. The Balaban J connectivity index is 1.93. The van der Waals surface area contributed by atoms with Gasteiger partial charge in [-0.1, -0.05) is 6.07 Å². The molecule has 0 spiro atoms. The van der Waals surface area contributed by atoms with Gasteiger partial charge in [-0.15, -0.1) is 0 Å². The number of nitrogens with one attached hydrogen (secondary N) is 2. The average Bonchev–Trinajstić information content (AvgIpc) is 2.29. The van der Waals surface area contributed by atoms with Gasteiger partial charge >= 0.3 is 0 Å². The molecule has 1 fully saturated rings. The van der Waals surface area contributed by atoms with Crippen LogP contribution in [0.2, 0.25) is 0 Å². The first-order valence-corrected chi connectivity index (χ1v) is 5.95. The summed E-state index contributed by atoms with van der Waals surface area (Å²) in [6.07, 6.45) is 1.89. The second-order valence-electron chi connectivity index (χ2n) is 4.58. The minimum Gasteiger partial charge on any atom is -0.326 e. The van der Waals surface area contributed by atoms with E-state index in [1.807, 2.05) is 0 Å². The zero-order chi connectivity index (χ0) is 12.3. The molecule has 0 saturated carbocycles. The highest BCUT2D eigenvalue weighted by Gasteiger charge is 2.23. The summed E-state index contributed by atoms with van der Waals surface area (Å²) < 4.78 is 12.9. The molecule has 2 unspecified atom stereocenters. The number of anilines is 1. The third-order valence-electron chi connectivity index (χ3n) is 3.12. The Morgan fingerprint density at radius 1 is 1.47 bits per heavy atom. The van der Waals surface area contributed by atoms with Gasteiger partial charge in [0.1, 0.15) is 5.82 Å². The maximum absolute atomic E-state index is 12.9. The van der Waals surface area contributed by atoms with Crippen LogP contribution in [0, 0.1) is 11.7 Å². The molecule has 1 aliphatic rings. The van der Waals surface area contributed by atoms with E-state index >= 15 is 0 Å². The topological polar surface area (TPSA) is 41.1 Å². The summed E-state index contributed by atoms with van der Waals surface area (Å²) in [5.41, 5.74) is 0.522. The number of piperidine rings is 1. The van der Waals surface area contributed by atoms with Crippen molar-refractivity contribution < 1.29 is 9.18 Å². The second kappa shape index (κ2) is 5.27. The maximum Gasteiger partial charge on any atom is 0.228 e. The largest absolute Gasteiger partial charge is 0.326 e. The summed E-state index contributed by atoms with van der Waals surface area (Å²) in [4.78, 5) is 11.9. The summed E-state index contributed by atoms with van der Waals surface area (Å²) >= 11 is 0. The first kappa shape index (κ1) is 12.0. The van der Waals surface area contributed by atoms with Crippen molar-refractivity contribution in [3.63, 3.8) is 0 Å². The monoisotopic (exact) mass is 236 g/mol. The lowest BCUT2D eigenvalue weighted by atomic mass is 9.95. The van der Waals surface area contributed by atoms with Crippen molar-refractivity contribution in [2.75, 3.05) is 11.9 Å². The van der Waals surface area contributed by atoms with Crippen LogP contribution in [0.1, 0.15) is 19.8 Å². The summed E-state index contributed by atoms with van der Waals surface area (Å²) in [5.74, 6) is -0.386. The fourth-order valence-electron chi connectivity index (χ4n) is 2.03. The van der Waals surface area contributed by atoms with Gasteiger partial charge in [0.15, 0.2) is 0 Å². The lowest BCUT2D eigenvalue weighted by Gasteiger charge is -2.26. The Hall–Kier alpha value is -1.42. The van der Waals surface area contributed by atoms with Crippen LogP contribution in [0.5, 0.6) is 0 Å². The molecule has 1 amide bonds. The molecular weight excluding hydrogens is 219 g/mol. The molecule has 0 radical (unpaired) electrons. The smallest absolute Gasteiger partial charge is 0.228 e. The second-order valence-corrected chi connectivity index (χ2v) is 4.58.